The summed E-state index contributed by atoms with van der Waals surface area (Å²) in [5, 5.41) is 33.3. The Labute approximate surface area is 292 Å². The standard InChI is InChI=1S/C28H26Cl2N4O5.2Na/c29-17-11-12-21(22(30)15-17)25-24(26(35)32-39-16-18-7-3-5-13-31-18)19-8-1-2-9-20(19)27(36)34(25)33-14-6-4-10-23(33)28(37)38;;/h1-3,5,7-9,11-13,15,23-25H,4,6,10,14,16H2,(H,32,35)(H,37,38);;/q;2*+1/p-2. The molecule has 1 saturated heterocycles. The van der Waals surface area contributed by atoms with Crippen molar-refractivity contribution in [3.8, 4) is 0 Å². The number of carbonyl (C=O) groups is 2. The monoisotopic (exact) mass is 612 g/mol. The third kappa shape index (κ3) is 7.29. The molecule has 2 aliphatic heterocycles. The number of carboxylic acid groups (broad SMARTS) is 1. The topological polar surface area (TPSA) is 121 Å². The van der Waals surface area contributed by atoms with Crippen LogP contribution in [0, 0.1) is 0 Å². The summed E-state index contributed by atoms with van der Waals surface area (Å²) in [6, 6.07) is 14.7. The molecule has 41 heavy (non-hydrogen) atoms. The Bertz CT molecular complexity index is 1420. The normalized spacial score (nSPS) is 20.8. The zero-order chi connectivity index (χ0) is 27.5. The second-order valence-electron chi connectivity index (χ2n) is 9.34. The van der Waals surface area contributed by atoms with E-state index in [4.69, 9.17) is 28.0 Å². The van der Waals surface area contributed by atoms with E-state index in [0.29, 0.717) is 41.1 Å². The van der Waals surface area contributed by atoms with Gasteiger partial charge in [0.25, 0.3) is 5.91 Å². The van der Waals surface area contributed by atoms with Crippen molar-refractivity contribution in [3.05, 3.63) is 99.3 Å². The fourth-order valence-corrected chi connectivity index (χ4v) is 5.76. The first-order valence-electron chi connectivity index (χ1n) is 12.5. The van der Waals surface area contributed by atoms with Crippen molar-refractivity contribution >= 4 is 41.0 Å². The summed E-state index contributed by atoms with van der Waals surface area (Å²) in [4.78, 5) is 35.7. The van der Waals surface area contributed by atoms with E-state index in [1.807, 2.05) is 0 Å². The van der Waals surface area contributed by atoms with Crippen molar-refractivity contribution < 1.29 is 83.8 Å². The molecule has 1 aromatic heterocycles. The molecule has 0 radical (unpaired) electrons. The fraction of sp³-hybridized carbons (Fsp3) is 0.286. The van der Waals surface area contributed by atoms with Crippen LogP contribution < -0.4 is 69.3 Å². The average Bonchev–Trinajstić information content (AvgIpc) is 2.93. The van der Waals surface area contributed by atoms with E-state index in [9.17, 15) is 19.8 Å². The van der Waals surface area contributed by atoms with Crippen LogP contribution in [0.15, 0.2) is 72.0 Å². The van der Waals surface area contributed by atoms with E-state index in [-0.39, 0.29) is 82.9 Å². The largest absolute Gasteiger partial charge is 1.00 e. The van der Waals surface area contributed by atoms with E-state index >= 15 is 0 Å². The summed E-state index contributed by atoms with van der Waals surface area (Å²) in [5.41, 5.74) is 1.70. The Morgan fingerprint density at radius 1 is 1.02 bits per heavy atom. The van der Waals surface area contributed by atoms with Crippen LogP contribution in [0.1, 0.15) is 58.4 Å². The number of piperidine rings is 1. The van der Waals surface area contributed by atoms with Crippen LogP contribution in [0.3, 0.4) is 0 Å². The molecule has 1 fully saturated rings. The van der Waals surface area contributed by atoms with Gasteiger partial charge in [0.15, 0.2) is 6.61 Å². The van der Waals surface area contributed by atoms with Crippen molar-refractivity contribution in [1.82, 2.24) is 15.0 Å². The molecule has 0 bridgehead atoms. The van der Waals surface area contributed by atoms with E-state index in [2.05, 4.69) is 10.1 Å². The molecule has 3 unspecified atom stereocenters. The quantitative estimate of drug-likeness (QED) is 0.121. The van der Waals surface area contributed by atoms with Crippen LogP contribution in [0.25, 0.3) is 0 Å². The van der Waals surface area contributed by atoms with Gasteiger partial charge in [-0.25, -0.2) is 5.01 Å². The Morgan fingerprint density at radius 2 is 1.78 bits per heavy atom. The molecule has 0 spiro atoms. The summed E-state index contributed by atoms with van der Waals surface area (Å²) in [5.74, 6) is -3.46. The van der Waals surface area contributed by atoms with E-state index in [0.717, 1.165) is 0 Å². The van der Waals surface area contributed by atoms with E-state index < -0.39 is 35.8 Å². The Hall–Kier alpha value is -1.66. The first kappa shape index (κ1) is 33.8. The zero-order valence-corrected chi connectivity index (χ0v) is 28.2. The molecule has 3 heterocycles. The number of hydrogen-bond acceptors (Lipinski definition) is 8. The smallest absolute Gasteiger partial charge is 0.859 e. The van der Waals surface area contributed by atoms with Gasteiger partial charge in [0, 0.05) is 40.2 Å². The molecule has 5 rings (SSSR count). The van der Waals surface area contributed by atoms with Crippen LogP contribution in [-0.4, -0.2) is 45.4 Å². The third-order valence-corrected chi connectivity index (χ3v) is 7.54. The summed E-state index contributed by atoms with van der Waals surface area (Å²) in [7, 11) is 0. The second kappa shape index (κ2) is 15.2. The zero-order valence-electron chi connectivity index (χ0n) is 22.7. The number of aliphatic carboxylic acids is 1. The molecule has 3 atom stereocenters. The minimum atomic E-state index is -1.30. The summed E-state index contributed by atoms with van der Waals surface area (Å²) < 4.78 is 0. The molecule has 0 aliphatic carbocycles. The number of amides is 1. The number of carboxylic acids is 1. The number of oxime groups is 1. The van der Waals surface area contributed by atoms with Gasteiger partial charge >= 0.3 is 59.1 Å². The van der Waals surface area contributed by atoms with E-state index in [1.165, 1.54) is 16.1 Å². The maximum absolute atomic E-state index is 14.0. The summed E-state index contributed by atoms with van der Waals surface area (Å²) in [6.07, 6.45) is 3.23. The third-order valence-electron chi connectivity index (χ3n) is 6.98. The molecule has 2 aromatic carbocycles. The SMILES string of the molecule is O=C([O-])C1CCCCN1N1C(=O)c2ccccc2C(C([O-])=NOCc2ccccn2)C1c1ccc(Cl)cc1Cl.[Na+].[Na+]. The number of halogens is 2. The maximum Gasteiger partial charge on any atom is 1.00 e. The molecular weight excluding hydrogens is 589 g/mol. The number of pyridine rings is 1. The first-order chi connectivity index (χ1) is 18.9. The fourth-order valence-electron chi connectivity index (χ4n) is 5.24. The van der Waals surface area contributed by atoms with Crippen molar-refractivity contribution in [2.75, 3.05) is 6.54 Å². The number of nitrogens with zero attached hydrogens (tertiary/aromatic N) is 4. The van der Waals surface area contributed by atoms with Crippen molar-refractivity contribution in [3.63, 3.8) is 0 Å². The predicted octanol–water partition coefficient (Wildman–Crippen LogP) is -2.91. The van der Waals surface area contributed by atoms with Gasteiger partial charge in [0.05, 0.1) is 23.7 Å². The van der Waals surface area contributed by atoms with Gasteiger partial charge in [-0.05, 0) is 54.3 Å². The number of hydrogen-bond donors (Lipinski definition) is 0. The minimum Gasteiger partial charge on any atom is -0.859 e. The predicted molar refractivity (Wildman–Crippen MR) is 140 cm³/mol. The van der Waals surface area contributed by atoms with Crippen molar-refractivity contribution in [1.29, 1.82) is 0 Å². The Balaban J connectivity index is 0.00000231. The maximum atomic E-state index is 14.0. The van der Waals surface area contributed by atoms with Gasteiger partial charge in [-0.2, -0.15) is 0 Å². The Morgan fingerprint density at radius 3 is 2.49 bits per heavy atom. The number of fused-ring (bicyclic) bond motifs is 1. The minimum absolute atomic E-state index is 0. The summed E-state index contributed by atoms with van der Waals surface area (Å²) in [6.45, 7) is 0.247. The van der Waals surface area contributed by atoms with Crippen LogP contribution in [0.5, 0.6) is 0 Å². The van der Waals surface area contributed by atoms with Crippen LogP contribution in [0.4, 0.5) is 0 Å². The second-order valence-corrected chi connectivity index (χ2v) is 10.2. The number of benzene rings is 2. The Kier molecular flexibility index (Phi) is 12.5. The molecule has 0 N–H and O–H groups in total. The van der Waals surface area contributed by atoms with Crippen molar-refractivity contribution in [2.45, 2.75) is 43.9 Å². The molecule has 13 heteroatoms. The molecule has 3 aromatic rings. The number of carbonyl (C=O) groups excluding carboxylic acids is 2. The average molecular weight is 613 g/mol. The van der Waals surface area contributed by atoms with Gasteiger partial charge in [-0.15, -0.1) is 5.16 Å². The van der Waals surface area contributed by atoms with Gasteiger partial charge in [-0.3, -0.25) is 14.8 Å². The van der Waals surface area contributed by atoms with Gasteiger partial charge in [0.1, 0.15) is 0 Å². The number of rotatable bonds is 7. The first-order valence-corrected chi connectivity index (χ1v) is 13.2. The number of hydrazine groups is 1. The summed E-state index contributed by atoms with van der Waals surface area (Å²) >= 11 is 12.8. The van der Waals surface area contributed by atoms with Crippen LogP contribution in [0.2, 0.25) is 10.0 Å². The molecule has 2 aliphatic rings. The van der Waals surface area contributed by atoms with E-state index in [1.54, 1.807) is 60.8 Å². The van der Waals surface area contributed by atoms with Gasteiger partial charge in [-0.1, -0.05) is 60.0 Å². The molecule has 9 nitrogen and oxygen atoms in total. The van der Waals surface area contributed by atoms with Crippen molar-refractivity contribution in [2.24, 2.45) is 5.16 Å². The van der Waals surface area contributed by atoms with Gasteiger partial charge in [0.2, 0.25) is 0 Å². The molecule has 202 valence electrons. The van der Waals surface area contributed by atoms with Crippen LogP contribution >= 0.6 is 23.2 Å². The number of aromatic nitrogens is 1. The molecule has 0 saturated carbocycles. The molecular formula is C28H24Cl2N4Na2O5. The van der Waals surface area contributed by atoms with Gasteiger partial charge < -0.3 is 19.8 Å². The molecule has 1 amide bonds. The van der Waals surface area contributed by atoms with Crippen LogP contribution in [-0.2, 0) is 16.2 Å².